The minimum atomic E-state index is 0.695. The lowest BCUT2D eigenvalue weighted by Gasteiger charge is -2.10. The number of hydrogen-bond donors (Lipinski definition) is 0. The van der Waals surface area contributed by atoms with Gasteiger partial charge in [0.2, 0.25) is 0 Å². The molecule has 0 aliphatic rings. The predicted molar refractivity (Wildman–Crippen MR) is 91.4 cm³/mol. The van der Waals surface area contributed by atoms with E-state index in [0.29, 0.717) is 17.0 Å². The van der Waals surface area contributed by atoms with Crippen LogP contribution < -0.4 is 19.7 Å². The summed E-state index contributed by atoms with van der Waals surface area (Å²) in [4.78, 5) is 0. The Morgan fingerprint density at radius 2 is 1.09 bits per heavy atom. The van der Waals surface area contributed by atoms with Gasteiger partial charge in [-0.05, 0) is 48.5 Å². The first-order chi connectivity index (χ1) is 11.2. The second kappa shape index (κ2) is 6.92. The van der Waals surface area contributed by atoms with Crippen LogP contribution in [0.2, 0.25) is 0 Å². The summed E-state index contributed by atoms with van der Waals surface area (Å²) < 4.78 is 16.7. The van der Waals surface area contributed by atoms with Gasteiger partial charge in [-0.15, -0.1) is 0 Å². The Morgan fingerprint density at radius 3 is 1.61 bits per heavy atom. The Hall–Kier alpha value is -2.88. The van der Waals surface area contributed by atoms with Gasteiger partial charge < -0.3 is 14.2 Å². The Labute approximate surface area is 136 Å². The van der Waals surface area contributed by atoms with Crippen LogP contribution in [0.3, 0.4) is 0 Å². The summed E-state index contributed by atoms with van der Waals surface area (Å²) in [5.74, 6) is 3.64. The Morgan fingerprint density at radius 1 is 0.609 bits per heavy atom. The predicted octanol–water partition coefficient (Wildman–Crippen LogP) is 4.07. The van der Waals surface area contributed by atoms with E-state index >= 15 is 0 Å². The minimum absolute atomic E-state index is 0.695. The molecule has 3 rings (SSSR count). The first-order valence-electron chi connectivity index (χ1n) is 7.18. The highest BCUT2D eigenvalue weighted by atomic mass is 16.5. The highest BCUT2D eigenvalue weighted by molar-refractivity contribution is 6.32. The lowest BCUT2D eigenvalue weighted by atomic mass is 9.97. The molecule has 0 saturated carbocycles. The van der Waals surface area contributed by atoms with Gasteiger partial charge in [0, 0.05) is 6.07 Å². The zero-order valence-corrected chi connectivity index (χ0v) is 12.7. The van der Waals surface area contributed by atoms with Crippen molar-refractivity contribution in [1.82, 2.24) is 0 Å². The van der Waals surface area contributed by atoms with Gasteiger partial charge in [0.15, 0.2) is 0 Å². The van der Waals surface area contributed by atoms with Crippen LogP contribution in [0.4, 0.5) is 0 Å². The summed E-state index contributed by atoms with van der Waals surface area (Å²) in [6, 6.07) is 22.1. The highest BCUT2D eigenvalue weighted by Gasteiger charge is 2.02. The Balaban J connectivity index is 1.72. The van der Waals surface area contributed by atoms with Crippen molar-refractivity contribution < 1.29 is 14.2 Å². The zero-order chi connectivity index (χ0) is 16.1. The Bertz CT molecular complexity index is 767. The lowest BCUT2D eigenvalue weighted by molar-refractivity contribution is 0.412. The monoisotopic (exact) mass is 302 g/mol. The maximum Gasteiger partial charge on any atom is 0.131 e. The molecule has 0 aliphatic heterocycles. The van der Waals surface area contributed by atoms with Crippen molar-refractivity contribution >= 4 is 13.3 Å². The lowest BCUT2D eigenvalue weighted by Crippen LogP contribution is -1.99. The highest BCUT2D eigenvalue weighted by Crippen LogP contribution is 2.28. The molecule has 0 aliphatic carbocycles. The number of ether oxygens (including phenoxy) is 3. The topological polar surface area (TPSA) is 27.7 Å². The smallest absolute Gasteiger partial charge is 0.131 e. The first-order valence-corrected chi connectivity index (χ1v) is 7.18. The molecule has 0 bridgehead atoms. The summed E-state index contributed by atoms with van der Waals surface area (Å²) in [5.41, 5.74) is 0.703. The van der Waals surface area contributed by atoms with E-state index in [9.17, 15) is 0 Å². The van der Waals surface area contributed by atoms with E-state index in [2.05, 4.69) is 0 Å². The van der Waals surface area contributed by atoms with Gasteiger partial charge in [-0.1, -0.05) is 23.7 Å². The van der Waals surface area contributed by atoms with Gasteiger partial charge in [-0.25, -0.2) is 0 Å². The van der Waals surface area contributed by atoms with E-state index in [1.165, 1.54) is 0 Å². The molecule has 0 saturated heterocycles. The second-order valence-electron chi connectivity index (χ2n) is 4.92. The molecule has 0 fully saturated rings. The molecule has 112 valence electrons. The summed E-state index contributed by atoms with van der Waals surface area (Å²) >= 11 is 0. The number of methoxy groups -OCH3 is 1. The van der Waals surface area contributed by atoms with Crippen molar-refractivity contribution in [1.29, 1.82) is 0 Å². The summed E-state index contributed by atoms with van der Waals surface area (Å²) in [7, 11) is 7.30. The first kappa shape index (κ1) is 15.0. The fraction of sp³-hybridized carbons (Fsp3) is 0.0526. The third-order valence-electron chi connectivity index (χ3n) is 3.22. The fourth-order valence-corrected chi connectivity index (χ4v) is 2.05. The Kier molecular flexibility index (Phi) is 4.53. The van der Waals surface area contributed by atoms with Gasteiger partial charge in [0.1, 0.15) is 36.6 Å². The van der Waals surface area contributed by atoms with Gasteiger partial charge in [0.05, 0.1) is 7.11 Å². The van der Waals surface area contributed by atoms with Crippen molar-refractivity contribution in [3.05, 3.63) is 72.8 Å². The molecule has 0 unspecified atom stereocenters. The van der Waals surface area contributed by atoms with Crippen LogP contribution in [0.1, 0.15) is 0 Å². The normalized spacial score (nSPS) is 10.1. The summed E-state index contributed by atoms with van der Waals surface area (Å²) in [5, 5.41) is 0. The van der Waals surface area contributed by atoms with E-state index in [4.69, 9.17) is 22.1 Å². The average Bonchev–Trinajstić information content (AvgIpc) is 2.58. The molecule has 2 radical (unpaired) electrons. The SMILES string of the molecule is [B]c1ccc(Oc2cccc(Oc3ccc(OC)cc3)c2)cc1. The van der Waals surface area contributed by atoms with E-state index < -0.39 is 0 Å². The zero-order valence-electron chi connectivity index (χ0n) is 12.7. The van der Waals surface area contributed by atoms with Crippen LogP contribution in [-0.4, -0.2) is 15.0 Å². The van der Waals surface area contributed by atoms with E-state index in [0.717, 1.165) is 17.2 Å². The maximum absolute atomic E-state index is 5.82. The minimum Gasteiger partial charge on any atom is -0.497 e. The van der Waals surface area contributed by atoms with Crippen LogP contribution in [0, 0.1) is 0 Å². The van der Waals surface area contributed by atoms with Crippen LogP contribution in [0.15, 0.2) is 72.8 Å². The van der Waals surface area contributed by atoms with Crippen LogP contribution in [-0.2, 0) is 0 Å². The van der Waals surface area contributed by atoms with Gasteiger partial charge >= 0.3 is 0 Å². The third kappa shape index (κ3) is 4.07. The molecule has 0 amide bonds. The average molecular weight is 302 g/mol. The van der Waals surface area contributed by atoms with Crippen molar-refractivity contribution in [3.63, 3.8) is 0 Å². The molecule has 0 atom stereocenters. The standard InChI is InChI=1S/C19H15BO3/c1-21-15-9-11-17(12-10-15)23-19-4-2-3-18(13-19)22-16-7-5-14(20)6-8-16/h2-13H,1H3. The largest absolute Gasteiger partial charge is 0.497 e. The molecule has 0 aromatic heterocycles. The van der Waals surface area contributed by atoms with Crippen LogP contribution in [0.25, 0.3) is 0 Å². The number of benzene rings is 3. The molecular formula is C19H15BO3. The number of hydrogen-bond acceptors (Lipinski definition) is 3. The number of rotatable bonds is 5. The maximum atomic E-state index is 5.82. The van der Waals surface area contributed by atoms with E-state index in [1.54, 1.807) is 19.2 Å². The van der Waals surface area contributed by atoms with Gasteiger partial charge in [0.25, 0.3) is 0 Å². The molecule has 3 aromatic carbocycles. The third-order valence-corrected chi connectivity index (χ3v) is 3.22. The second-order valence-corrected chi connectivity index (χ2v) is 4.92. The molecule has 23 heavy (non-hydrogen) atoms. The molecule has 0 N–H and O–H groups in total. The van der Waals surface area contributed by atoms with E-state index in [-0.39, 0.29) is 0 Å². The van der Waals surface area contributed by atoms with Crippen molar-refractivity contribution in [2.75, 3.05) is 7.11 Å². The fourth-order valence-electron chi connectivity index (χ4n) is 2.05. The molecule has 3 aromatic rings. The van der Waals surface area contributed by atoms with Crippen LogP contribution in [0.5, 0.6) is 28.7 Å². The summed E-state index contributed by atoms with van der Waals surface area (Å²) in [6.07, 6.45) is 0. The molecule has 0 spiro atoms. The van der Waals surface area contributed by atoms with Crippen LogP contribution >= 0.6 is 0 Å². The van der Waals surface area contributed by atoms with Gasteiger partial charge in [-0.2, -0.15) is 0 Å². The molecule has 4 heteroatoms. The quantitative estimate of drug-likeness (QED) is 0.665. The van der Waals surface area contributed by atoms with Crippen molar-refractivity contribution in [3.8, 4) is 28.7 Å². The van der Waals surface area contributed by atoms with Crippen molar-refractivity contribution in [2.24, 2.45) is 0 Å². The summed E-state index contributed by atoms with van der Waals surface area (Å²) in [6.45, 7) is 0. The van der Waals surface area contributed by atoms with Crippen molar-refractivity contribution in [2.45, 2.75) is 0 Å². The van der Waals surface area contributed by atoms with E-state index in [1.807, 2.05) is 60.7 Å². The molecule has 3 nitrogen and oxygen atoms in total. The molecular weight excluding hydrogens is 287 g/mol. The van der Waals surface area contributed by atoms with Gasteiger partial charge in [-0.3, -0.25) is 0 Å². The molecule has 0 heterocycles.